The molecule has 98 valence electrons. The molecule has 1 amide bonds. The first kappa shape index (κ1) is 13.3. The van der Waals surface area contributed by atoms with Crippen LogP contribution < -0.4 is 5.32 Å². The number of hydrogen-bond donors (Lipinski definition) is 1. The molecule has 2 rings (SSSR count). The molecule has 1 aromatic rings. The molecule has 0 spiro atoms. The zero-order valence-electron chi connectivity index (χ0n) is 10.8. The zero-order chi connectivity index (χ0) is 13.5. The smallest absolute Gasteiger partial charge is 0.262 e. The van der Waals surface area contributed by atoms with E-state index in [1.807, 2.05) is 6.07 Å². The van der Waals surface area contributed by atoms with Gasteiger partial charge in [0, 0.05) is 18.4 Å². The van der Waals surface area contributed by atoms with Gasteiger partial charge in [0.2, 0.25) is 0 Å². The van der Waals surface area contributed by atoms with Crippen molar-refractivity contribution >= 4 is 12.0 Å². The van der Waals surface area contributed by atoms with Crippen LogP contribution in [0.2, 0.25) is 0 Å². The van der Waals surface area contributed by atoms with Gasteiger partial charge in [-0.3, -0.25) is 9.78 Å². The fourth-order valence-electron chi connectivity index (χ4n) is 2.29. The molecule has 1 heterocycles. The van der Waals surface area contributed by atoms with Gasteiger partial charge in [0.25, 0.3) is 5.91 Å². The molecule has 1 aliphatic carbocycles. The number of nitrogens with one attached hydrogen (secondary N) is 1. The molecular formula is C15H17N3O. The summed E-state index contributed by atoms with van der Waals surface area (Å²) >= 11 is 0. The Kier molecular flexibility index (Phi) is 4.68. The quantitative estimate of drug-likeness (QED) is 0.666. The predicted molar refractivity (Wildman–Crippen MR) is 72.8 cm³/mol. The Labute approximate surface area is 113 Å². The van der Waals surface area contributed by atoms with Gasteiger partial charge in [-0.05, 0) is 36.6 Å². The van der Waals surface area contributed by atoms with Crippen LogP contribution >= 0.6 is 0 Å². The van der Waals surface area contributed by atoms with E-state index in [-0.39, 0.29) is 17.5 Å². The highest BCUT2D eigenvalue weighted by Crippen LogP contribution is 2.18. The molecule has 0 radical (unpaired) electrons. The van der Waals surface area contributed by atoms with Gasteiger partial charge < -0.3 is 5.32 Å². The number of carbonyl (C=O) groups excluding carboxylic acids is 1. The van der Waals surface area contributed by atoms with E-state index in [2.05, 4.69) is 10.3 Å². The van der Waals surface area contributed by atoms with Crippen molar-refractivity contribution in [2.75, 3.05) is 0 Å². The molecule has 1 saturated carbocycles. The first-order valence-electron chi connectivity index (χ1n) is 6.62. The lowest BCUT2D eigenvalue weighted by Crippen LogP contribution is -2.36. The molecule has 0 unspecified atom stereocenters. The highest BCUT2D eigenvalue weighted by Gasteiger charge is 2.17. The summed E-state index contributed by atoms with van der Waals surface area (Å²) in [5.41, 5.74) is 0.960. The van der Waals surface area contributed by atoms with Crippen LogP contribution in [0.4, 0.5) is 0 Å². The Bertz CT molecular complexity index is 496. The maximum Gasteiger partial charge on any atom is 0.262 e. The second-order valence-corrected chi connectivity index (χ2v) is 4.76. The molecule has 1 aromatic heterocycles. The van der Waals surface area contributed by atoms with Gasteiger partial charge in [-0.15, -0.1) is 0 Å². The fourth-order valence-corrected chi connectivity index (χ4v) is 2.29. The van der Waals surface area contributed by atoms with Crippen LogP contribution in [0.25, 0.3) is 6.08 Å². The highest BCUT2D eigenvalue weighted by molar-refractivity contribution is 6.01. The Balaban J connectivity index is 2.03. The Hall–Kier alpha value is -2.15. The Morgan fingerprint density at radius 3 is 2.63 bits per heavy atom. The minimum atomic E-state index is -0.272. The monoisotopic (exact) mass is 255 g/mol. The Morgan fingerprint density at radius 2 is 2.00 bits per heavy atom. The van der Waals surface area contributed by atoms with Crippen LogP contribution in [0.5, 0.6) is 0 Å². The molecule has 0 bridgehead atoms. The summed E-state index contributed by atoms with van der Waals surface area (Å²) in [4.78, 5) is 15.9. The lowest BCUT2D eigenvalue weighted by atomic mass is 9.95. The van der Waals surface area contributed by atoms with E-state index in [0.717, 1.165) is 31.2 Å². The van der Waals surface area contributed by atoms with Gasteiger partial charge in [-0.1, -0.05) is 19.3 Å². The first-order valence-corrected chi connectivity index (χ1v) is 6.62. The van der Waals surface area contributed by atoms with Crippen molar-refractivity contribution < 1.29 is 4.79 Å². The number of rotatable bonds is 3. The number of nitriles is 1. The highest BCUT2D eigenvalue weighted by atomic mass is 16.1. The minimum absolute atomic E-state index is 0.150. The fraction of sp³-hybridized carbons (Fsp3) is 0.400. The summed E-state index contributed by atoms with van der Waals surface area (Å²) < 4.78 is 0. The van der Waals surface area contributed by atoms with Gasteiger partial charge in [-0.2, -0.15) is 5.26 Å². The molecule has 19 heavy (non-hydrogen) atoms. The van der Waals surface area contributed by atoms with E-state index in [1.165, 1.54) is 6.42 Å². The third-order valence-corrected chi connectivity index (χ3v) is 3.32. The standard InChI is InChI=1S/C15H17N3O/c16-11-13(10-12-6-8-17-9-7-12)15(19)18-14-4-2-1-3-5-14/h6-10,14H,1-5H2,(H,18,19)/b13-10+. The van der Waals surface area contributed by atoms with Crippen LogP contribution in [0.15, 0.2) is 30.1 Å². The van der Waals surface area contributed by atoms with Crippen molar-refractivity contribution in [2.24, 2.45) is 0 Å². The lowest BCUT2D eigenvalue weighted by Gasteiger charge is -2.22. The topological polar surface area (TPSA) is 65.8 Å². The van der Waals surface area contributed by atoms with Gasteiger partial charge >= 0.3 is 0 Å². The normalized spacial score (nSPS) is 16.7. The third kappa shape index (κ3) is 3.92. The summed E-state index contributed by atoms with van der Waals surface area (Å²) in [7, 11) is 0. The van der Waals surface area contributed by atoms with Crippen LogP contribution in [0, 0.1) is 11.3 Å². The zero-order valence-corrected chi connectivity index (χ0v) is 10.8. The summed E-state index contributed by atoms with van der Waals surface area (Å²) in [6, 6.07) is 5.72. The number of aromatic nitrogens is 1. The van der Waals surface area contributed by atoms with Crippen LogP contribution in [0.1, 0.15) is 37.7 Å². The molecule has 1 N–H and O–H groups in total. The molecule has 0 saturated heterocycles. The van der Waals surface area contributed by atoms with E-state index >= 15 is 0 Å². The molecule has 0 atom stereocenters. The van der Waals surface area contributed by atoms with Gasteiger partial charge in [-0.25, -0.2) is 0 Å². The summed E-state index contributed by atoms with van der Waals surface area (Å²) in [6.45, 7) is 0. The average Bonchev–Trinajstić information content (AvgIpc) is 2.47. The lowest BCUT2D eigenvalue weighted by molar-refractivity contribution is -0.117. The van der Waals surface area contributed by atoms with Crippen LogP contribution in [0.3, 0.4) is 0 Å². The second kappa shape index (κ2) is 6.69. The van der Waals surface area contributed by atoms with Crippen molar-refractivity contribution in [1.82, 2.24) is 10.3 Å². The van der Waals surface area contributed by atoms with Crippen molar-refractivity contribution in [3.63, 3.8) is 0 Å². The number of nitrogens with zero attached hydrogens (tertiary/aromatic N) is 2. The number of amides is 1. The number of hydrogen-bond acceptors (Lipinski definition) is 3. The Morgan fingerprint density at radius 1 is 1.32 bits per heavy atom. The van der Waals surface area contributed by atoms with Crippen molar-refractivity contribution in [3.8, 4) is 6.07 Å². The maximum atomic E-state index is 12.0. The molecular weight excluding hydrogens is 238 g/mol. The first-order chi connectivity index (χ1) is 9.29. The summed E-state index contributed by atoms with van der Waals surface area (Å²) in [6.07, 6.45) is 10.4. The van der Waals surface area contributed by atoms with Crippen molar-refractivity contribution in [2.45, 2.75) is 38.1 Å². The summed E-state index contributed by atoms with van der Waals surface area (Å²) in [5.74, 6) is -0.272. The largest absolute Gasteiger partial charge is 0.349 e. The predicted octanol–water partition coefficient (Wildman–Crippen LogP) is 2.44. The van der Waals surface area contributed by atoms with E-state index in [4.69, 9.17) is 5.26 Å². The van der Waals surface area contributed by atoms with Gasteiger partial charge in [0.1, 0.15) is 11.6 Å². The van der Waals surface area contributed by atoms with E-state index in [1.54, 1.807) is 30.6 Å². The SMILES string of the molecule is N#C/C(=C\c1ccncc1)C(=O)NC1CCCCC1. The molecule has 1 aliphatic rings. The van der Waals surface area contributed by atoms with Gasteiger partial charge in [0.15, 0.2) is 0 Å². The molecule has 4 heteroatoms. The average molecular weight is 255 g/mol. The summed E-state index contributed by atoms with van der Waals surface area (Å²) in [5, 5.41) is 12.0. The van der Waals surface area contributed by atoms with Crippen LogP contribution in [-0.2, 0) is 4.79 Å². The van der Waals surface area contributed by atoms with Crippen molar-refractivity contribution in [1.29, 1.82) is 5.26 Å². The maximum absolute atomic E-state index is 12.0. The second-order valence-electron chi connectivity index (χ2n) is 4.76. The van der Waals surface area contributed by atoms with E-state index in [0.29, 0.717) is 0 Å². The van der Waals surface area contributed by atoms with Crippen molar-refractivity contribution in [3.05, 3.63) is 35.7 Å². The molecule has 1 fully saturated rings. The molecule has 4 nitrogen and oxygen atoms in total. The van der Waals surface area contributed by atoms with Crippen LogP contribution in [-0.4, -0.2) is 16.9 Å². The van der Waals surface area contributed by atoms with Gasteiger partial charge in [0.05, 0.1) is 0 Å². The molecule has 0 aliphatic heterocycles. The number of carbonyl (C=O) groups is 1. The van der Waals surface area contributed by atoms with E-state index in [9.17, 15) is 4.79 Å². The minimum Gasteiger partial charge on any atom is -0.349 e. The molecule has 0 aromatic carbocycles. The third-order valence-electron chi connectivity index (χ3n) is 3.32. The number of pyridine rings is 1. The van der Waals surface area contributed by atoms with E-state index < -0.39 is 0 Å².